The number of carbonyl (C=O) groups is 1. The van der Waals surface area contributed by atoms with Gasteiger partial charge in [-0.3, -0.25) is 14.1 Å². The van der Waals surface area contributed by atoms with Gasteiger partial charge in [0.2, 0.25) is 5.82 Å². The SMILES string of the molecule is CS(=O)(=O)C1CCN(CCN2CCN(C(=O)c3ccc(Nc4nccn5c(-c6ccc(OCC#N)c(F)c6F)cnc45)cc3Cl)CC2)C1. The van der Waals surface area contributed by atoms with Gasteiger partial charge in [-0.15, -0.1) is 0 Å². The molecule has 1 atom stereocenters. The Labute approximate surface area is 281 Å². The van der Waals surface area contributed by atoms with E-state index in [1.807, 2.05) is 0 Å². The standard InChI is InChI=1S/C32H33ClF2N8O4S/c1-48(45,46)22-6-9-41(20-22)12-11-40-13-15-42(16-14-40)32(44)23-3-2-21(18-25(23)33)39-30-31-38-19-26(43(31)10-8-37-30)24-4-5-27(47-17-7-36)29(35)28(24)34/h2-5,8,10,18-19,22H,6,9,11-17,20H2,1H3,(H,37,39). The number of carbonyl (C=O) groups excluding carboxylic acids is 1. The second kappa shape index (κ2) is 14.0. The maximum Gasteiger partial charge on any atom is 0.255 e. The van der Waals surface area contributed by atoms with E-state index in [-0.39, 0.29) is 33.2 Å². The van der Waals surface area contributed by atoms with Gasteiger partial charge in [0.1, 0.15) is 6.07 Å². The molecule has 1 unspecified atom stereocenters. The third-order valence-corrected chi connectivity index (χ3v) is 10.6. The Bertz CT molecular complexity index is 2000. The van der Waals surface area contributed by atoms with Crippen molar-refractivity contribution in [3.05, 3.63) is 71.1 Å². The number of imidazole rings is 1. The van der Waals surface area contributed by atoms with Gasteiger partial charge in [0, 0.05) is 75.7 Å². The Balaban J connectivity index is 1.08. The zero-order valence-corrected chi connectivity index (χ0v) is 27.6. The van der Waals surface area contributed by atoms with Crippen molar-refractivity contribution in [1.29, 1.82) is 5.26 Å². The topological polar surface area (TPSA) is 136 Å². The number of sulfone groups is 1. The van der Waals surface area contributed by atoms with Crippen LogP contribution in [-0.4, -0.2) is 114 Å². The van der Waals surface area contributed by atoms with Crippen molar-refractivity contribution in [2.24, 2.45) is 0 Å². The third kappa shape index (κ3) is 7.07. The van der Waals surface area contributed by atoms with Crippen LogP contribution in [0.25, 0.3) is 16.9 Å². The number of hydrogen-bond donors (Lipinski definition) is 1. The zero-order chi connectivity index (χ0) is 34.0. The van der Waals surface area contributed by atoms with Crippen LogP contribution in [0.2, 0.25) is 5.02 Å². The predicted octanol–water partition coefficient (Wildman–Crippen LogP) is 3.85. The van der Waals surface area contributed by atoms with Crippen LogP contribution in [0, 0.1) is 23.0 Å². The van der Waals surface area contributed by atoms with Crippen molar-refractivity contribution < 1.29 is 26.7 Å². The third-order valence-electron chi connectivity index (χ3n) is 8.73. The Morgan fingerprint density at radius 2 is 1.85 bits per heavy atom. The summed E-state index contributed by atoms with van der Waals surface area (Å²) >= 11 is 6.59. The van der Waals surface area contributed by atoms with Crippen LogP contribution < -0.4 is 10.1 Å². The number of fused-ring (bicyclic) bond motifs is 1. The maximum atomic E-state index is 15.0. The summed E-state index contributed by atoms with van der Waals surface area (Å²) in [7, 11) is -3.02. The first-order valence-electron chi connectivity index (χ1n) is 15.3. The van der Waals surface area contributed by atoms with Gasteiger partial charge >= 0.3 is 0 Å². The summed E-state index contributed by atoms with van der Waals surface area (Å²) in [6.07, 6.45) is 6.42. The van der Waals surface area contributed by atoms with E-state index in [1.165, 1.54) is 30.8 Å². The van der Waals surface area contributed by atoms with E-state index in [4.69, 9.17) is 21.6 Å². The number of nitriles is 1. The lowest BCUT2D eigenvalue weighted by Gasteiger charge is -2.35. The molecule has 252 valence electrons. The number of likely N-dealkylation sites (tertiary alicyclic amines) is 1. The van der Waals surface area contributed by atoms with Crippen LogP contribution in [0.5, 0.6) is 5.75 Å². The lowest BCUT2D eigenvalue weighted by atomic mass is 10.1. The summed E-state index contributed by atoms with van der Waals surface area (Å²) in [5.74, 6) is -2.56. The molecule has 48 heavy (non-hydrogen) atoms. The van der Waals surface area contributed by atoms with Crippen LogP contribution in [0.3, 0.4) is 0 Å². The molecule has 4 heterocycles. The Morgan fingerprint density at radius 3 is 2.56 bits per heavy atom. The van der Waals surface area contributed by atoms with Crippen LogP contribution >= 0.6 is 11.6 Å². The van der Waals surface area contributed by atoms with E-state index in [1.54, 1.807) is 39.8 Å². The largest absolute Gasteiger partial charge is 0.476 e. The summed E-state index contributed by atoms with van der Waals surface area (Å²) in [6, 6.07) is 9.30. The number of amides is 1. The molecule has 2 saturated heterocycles. The predicted molar refractivity (Wildman–Crippen MR) is 176 cm³/mol. The van der Waals surface area contributed by atoms with Crippen LogP contribution in [0.15, 0.2) is 48.9 Å². The second-order valence-corrected chi connectivity index (χ2v) is 14.5. The fraction of sp³-hybridized carbons (Fsp3) is 0.375. The molecule has 1 amide bonds. The van der Waals surface area contributed by atoms with Crippen LogP contribution in [0.4, 0.5) is 20.3 Å². The highest BCUT2D eigenvalue weighted by molar-refractivity contribution is 7.91. The molecule has 16 heteroatoms. The Hall–Kier alpha value is -4.36. The van der Waals surface area contributed by atoms with E-state index in [0.717, 1.165) is 19.6 Å². The molecule has 6 rings (SSSR count). The number of rotatable bonds is 10. The molecule has 2 aliphatic rings. The van der Waals surface area contributed by atoms with Gasteiger partial charge in [-0.1, -0.05) is 11.6 Å². The number of nitrogens with one attached hydrogen (secondary N) is 1. The van der Waals surface area contributed by atoms with Gasteiger partial charge in [0.25, 0.3) is 5.91 Å². The normalized spacial score (nSPS) is 17.5. The fourth-order valence-corrected chi connectivity index (χ4v) is 7.31. The van der Waals surface area contributed by atoms with Crippen molar-refractivity contribution in [2.45, 2.75) is 11.7 Å². The number of benzene rings is 2. The lowest BCUT2D eigenvalue weighted by Crippen LogP contribution is -2.50. The van der Waals surface area contributed by atoms with E-state index in [2.05, 4.69) is 25.1 Å². The minimum atomic E-state index is -3.02. The molecule has 2 aliphatic heterocycles. The molecular formula is C32H33ClF2N8O4S. The minimum Gasteiger partial charge on any atom is -0.476 e. The van der Waals surface area contributed by atoms with Crippen LogP contribution in [0.1, 0.15) is 16.8 Å². The second-order valence-electron chi connectivity index (χ2n) is 11.8. The first-order chi connectivity index (χ1) is 23.0. The van der Waals surface area contributed by atoms with Gasteiger partial charge in [0.15, 0.2) is 39.5 Å². The Kier molecular flexibility index (Phi) is 9.79. The zero-order valence-electron chi connectivity index (χ0n) is 26.1. The number of halogens is 3. The fourth-order valence-electron chi connectivity index (χ4n) is 6.04. The van der Waals surface area contributed by atoms with E-state index in [9.17, 15) is 22.0 Å². The summed E-state index contributed by atoms with van der Waals surface area (Å²) in [6.45, 7) is 5.08. The molecular weight excluding hydrogens is 666 g/mol. The summed E-state index contributed by atoms with van der Waals surface area (Å²) in [5.41, 5.74) is 1.47. The van der Waals surface area contributed by atoms with Crippen molar-refractivity contribution >= 4 is 44.5 Å². The molecule has 2 fully saturated rings. The van der Waals surface area contributed by atoms with Gasteiger partial charge in [-0.25, -0.2) is 22.8 Å². The van der Waals surface area contributed by atoms with Gasteiger partial charge in [0.05, 0.1) is 27.7 Å². The molecule has 2 aromatic heterocycles. The first kappa shape index (κ1) is 33.5. The molecule has 12 nitrogen and oxygen atoms in total. The minimum absolute atomic E-state index is 0.0532. The molecule has 1 N–H and O–H groups in total. The van der Waals surface area contributed by atoms with E-state index in [0.29, 0.717) is 61.9 Å². The van der Waals surface area contributed by atoms with E-state index >= 15 is 0 Å². The van der Waals surface area contributed by atoms with Crippen molar-refractivity contribution in [3.8, 4) is 23.1 Å². The summed E-state index contributed by atoms with van der Waals surface area (Å²) < 4.78 is 59.8. The number of anilines is 2. The van der Waals surface area contributed by atoms with E-state index < -0.39 is 28.1 Å². The molecule has 0 saturated carbocycles. The summed E-state index contributed by atoms with van der Waals surface area (Å²) in [5, 5.41) is 11.8. The maximum absolute atomic E-state index is 15.0. The van der Waals surface area contributed by atoms with Crippen molar-refractivity contribution in [3.63, 3.8) is 0 Å². The van der Waals surface area contributed by atoms with Gasteiger partial charge in [-0.2, -0.15) is 9.65 Å². The van der Waals surface area contributed by atoms with Crippen molar-refractivity contribution in [1.82, 2.24) is 29.1 Å². The highest BCUT2D eigenvalue weighted by atomic mass is 35.5. The number of piperazine rings is 1. The molecule has 4 aromatic rings. The summed E-state index contributed by atoms with van der Waals surface area (Å²) in [4.78, 5) is 28.3. The smallest absolute Gasteiger partial charge is 0.255 e. The van der Waals surface area contributed by atoms with Crippen molar-refractivity contribution in [2.75, 3.05) is 70.5 Å². The highest BCUT2D eigenvalue weighted by Crippen LogP contribution is 2.32. The Morgan fingerprint density at radius 1 is 1.08 bits per heavy atom. The molecule has 0 radical (unpaired) electrons. The molecule has 0 bridgehead atoms. The average Bonchev–Trinajstić information content (AvgIpc) is 3.73. The molecule has 0 aliphatic carbocycles. The van der Waals surface area contributed by atoms with Gasteiger partial charge < -0.3 is 19.9 Å². The average molecular weight is 699 g/mol. The number of hydrogen-bond acceptors (Lipinski definition) is 10. The number of aromatic nitrogens is 3. The first-order valence-corrected chi connectivity index (χ1v) is 17.7. The van der Waals surface area contributed by atoms with Gasteiger partial charge in [-0.05, 0) is 43.3 Å². The monoisotopic (exact) mass is 698 g/mol. The number of nitrogens with zero attached hydrogens (tertiary/aromatic N) is 7. The number of ether oxygens (including phenoxy) is 1. The lowest BCUT2D eigenvalue weighted by molar-refractivity contribution is 0.0627. The molecule has 0 spiro atoms. The highest BCUT2D eigenvalue weighted by Gasteiger charge is 2.30. The quantitative estimate of drug-likeness (QED) is 0.260. The van der Waals surface area contributed by atoms with Crippen LogP contribution in [-0.2, 0) is 9.84 Å². The molecule has 2 aromatic carbocycles.